The van der Waals surface area contributed by atoms with E-state index >= 15 is 0 Å². The van der Waals surface area contributed by atoms with Gasteiger partial charge in [-0.1, -0.05) is 30.3 Å². The molecule has 1 saturated heterocycles. The van der Waals surface area contributed by atoms with E-state index in [1.54, 1.807) is 11.8 Å². The van der Waals surface area contributed by atoms with E-state index in [0.717, 1.165) is 42.9 Å². The maximum absolute atomic E-state index is 13.4. The summed E-state index contributed by atoms with van der Waals surface area (Å²) in [6, 6.07) is 17.5. The number of ether oxygens (including phenoxy) is 1. The van der Waals surface area contributed by atoms with Crippen LogP contribution in [0.1, 0.15) is 23.2 Å². The highest BCUT2D eigenvalue weighted by Gasteiger charge is 2.27. The third-order valence-electron chi connectivity index (χ3n) is 5.54. The normalized spacial score (nSPS) is 14.8. The molecule has 1 aromatic heterocycles. The van der Waals surface area contributed by atoms with Crippen LogP contribution >= 0.6 is 0 Å². The largest absolute Gasteiger partial charge is 0.497 e. The number of piperidine rings is 1. The van der Waals surface area contributed by atoms with Gasteiger partial charge < -0.3 is 15.4 Å². The monoisotopic (exact) mass is 390 g/mol. The van der Waals surface area contributed by atoms with Crippen molar-refractivity contribution in [3.63, 3.8) is 0 Å². The molecular formula is C23H26N4O2. The lowest BCUT2D eigenvalue weighted by molar-refractivity contribution is 0.0694. The Kier molecular flexibility index (Phi) is 5.62. The number of carbonyl (C=O) groups excluding carboxylic acids is 1. The van der Waals surface area contributed by atoms with Crippen molar-refractivity contribution in [2.24, 2.45) is 11.7 Å². The summed E-state index contributed by atoms with van der Waals surface area (Å²) in [5.74, 6) is 1.25. The van der Waals surface area contributed by atoms with Crippen LogP contribution in [0.3, 0.4) is 0 Å². The van der Waals surface area contributed by atoms with Gasteiger partial charge in [-0.2, -0.15) is 5.10 Å². The molecular weight excluding hydrogens is 364 g/mol. The summed E-state index contributed by atoms with van der Waals surface area (Å²) in [6.07, 6.45) is 3.73. The van der Waals surface area contributed by atoms with E-state index in [4.69, 9.17) is 15.6 Å². The van der Waals surface area contributed by atoms with E-state index in [1.165, 1.54) is 0 Å². The van der Waals surface area contributed by atoms with E-state index in [-0.39, 0.29) is 5.91 Å². The fourth-order valence-electron chi connectivity index (χ4n) is 3.77. The Balaban J connectivity index is 1.73. The molecule has 0 radical (unpaired) electrons. The van der Waals surface area contributed by atoms with Crippen LogP contribution in [0.15, 0.2) is 60.8 Å². The molecule has 4 rings (SSSR count). The number of rotatable bonds is 5. The molecule has 1 aliphatic rings. The molecule has 3 aromatic rings. The van der Waals surface area contributed by atoms with Crippen LogP contribution in [0.2, 0.25) is 0 Å². The maximum atomic E-state index is 13.4. The third-order valence-corrected chi connectivity index (χ3v) is 5.54. The highest BCUT2D eigenvalue weighted by Crippen LogP contribution is 2.29. The third kappa shape index (κ3) is 4.03. The predicted molar refractivity (Wildman–Crippen MR) is 113 cm³/mol. The number of aromatic nitrogens is 2. The van der Waals surface area contributed by atoms with E-state index in [9.17, 15) is 4.79 Å². The second-order valence-electron chi connectivity index (χ2n) is 7.37. The van der Waals surface area contributed by atoms with Crippen LogP contribution in [0.25, 0.3) is 16.9 Å². The van der Waals surface area contributed by atoms with Gasteiger partial charge in [-0.05, 0) is 49.6 Å². The Morgan fingerprint density at radius 2 is 1.90 bits per heavy atom. The lowest BCUT2D eigenvalue weighted by Gasteiger charge is -2.31. The highest BCUT2D eigenvalue weighted by atomic mass is 16.5. The molecule has 6 nitrogen and oxygen atoms in total. The Morgan fingerprint density at radius 1 is 1.14 bits per heavy atom. The molecule has 150 valence electrons. The Morgan fingerprint density at radius 3 is 2.59 bits per heavy atom. The van der Waals surface area contributed by atoms with Crippen LogP contribution in [0.5, 0.6) is 5.75 Å². The molecule has 2 heterocycles. The van der Waals surface area contributed by atoms with Crippen molar-refractivity contribution >= 4 is 5.91 Å². The molecule has 0 aliphatic carbocycles. The van der Waals surface area contributed by atoms with Gasteiger partial charge in [0.05, 0.1) is 18.4 Å². The second-order valence-corrected chi connectivity index (χ2v) is 7.37. The van der Waals surface area contributed by atoms with E-state index in [0.29, 0.717) is 23.7 Å². The maximum Gasteiger partial charge on any atom is 0.257 e. The first-order chi connectivity index (χ1) is 14.2. The van der Waals surface area contributed by atoms with Gasteiger partial charge in [0.25, 0.3) is 5.91 Å². The number of para-hydroxylation sites is 1. The molecule has 2 aromatic carbocycles. The van der Waals surface area contributed by atoms with Gasteiger partial charge >= 0.3 is 0 Å². The van der Waals surface area contributed by atoms with Crippen molar-refractivity contribution in [1.29, 1.82) is 0 Å². The minimum Gasteiger partial charge on any atom is -0.497 e. The lowest BCUT2D eigenvalue weighted by atomic mass is 9.96. The van der Waals surface area contributed by atoms with Gasteiger partial charge in [0, 0.05) is 24.8 Å². The standard InChI is InChI=1S/C23H26N4O2/c1-29-20-9-5-6-18(14-20)22-21(16-27(25-22)19-7-3-2-4-8-19)23(28)26-12-10-17(15-24)11-13-26/h2-9,14,16-17H,10-13,15,24H2,1H3. The van der Waals surface area contributed by atoms with Crippen molar-refractivity contribution in [2.45, 2.75) is 12.8 Å². The molecule has 1 amide bonds. The number of nitrogens with zero attached hydrogens (tertiary/aromatic N) is 3. The predicted octanol–water partition coefficient (Wildman–Crippen LogP) is 3.36. The summed E-state index contributed by atoms with van der Waals surface area (Å²) in [7, 11) is 1.63. The van der Waals surface area contributed by atoms with Crippen molar-refractivity contribution < 1.29 is 9.53 Å². The number of methoxy groups -OCH3 is 1. The van der Waals surface area contributed by atoms with Crippen LogP contribution in [-0.2, 0) is 0 Å². The molecule has 0 saturated carbocycles. The van der Waals surface area contributed by atoms with Gasteiger partial charge in [-0.15, -0.1) is 0 Å². The molecule has 0 atom stereocenters. The average molecular weight is 390 g/mol. The number of benzene rings is 2. The molecule has 0 spiro atoms. The first kappa shape index (κ1) is 19.2. The molecule has 6 heteroatoms. The summed E-state index contributed by atoms with van der Waals surface area (Å²) in [4.78, 5) is 15.3. The molecule has 29 heavy (non-hydrogen) atoms. The average Bonchev–Trinajstić information content (AvgIpc) is 3.25. The van der Waals surface area contributed by atoms with Gasteiger partial charge in [0.15, 0.2) is 0 Å². The van der Waals surface area contributed by atoms with Gasteiger partial charge in [-0.25, -0.2) is 4.68 Å². The van der Waals surface area contributed by atoms with Crippen LogP contribution < -0.4 is 10.5 Å². The Labute approximate surface area is 170 Å². The number of hydrogen-bond acceptors (Lipinski definition) is 4. The van der Waals surface area contributed by atoms with Crippen LogP contribution in [-0.4, -0.2) is 47.3 Å². The molecule has 2 N–H and O–H groups in total. The number of nitrogens with two attached hydrogens (primary N) is 1. The first-order valence-electron chi connectivity index (χ1n) is 9.98. The van der Waals surface area contributed by atoms with Crippen molar-refractivity contribution in [1.82, 2.24) is 14.7 Å². The molecule has 1 aliphatic heterocycles. The summed E-state index contributed by atoms with van der Waals surface area (Å²) in [5.41, 5.74) is 8.85. The number of carbonyl (C=O) groups is 1. The quantitative estimate of drug-likeness (QED) is 0.725. The SMILES string of the molecule is COc1cccc(-c2nn(-c3ccccc3)cc2C(=O)N2CCC(CN)CC2)c1. The van der Waals surface area contributed by atoms with Crippen molar-refractivity contribution in [2.75, 3.05) is 26.7 Å². The minimum absolute atomic E-state index is 0.0143. The van der Waals surface area contributed by atoms with Crippen molar-refractivity contribution in [3.8, 4) is 22.7 Å². The fraction of sp³-hybridized carbons (Fsp3) is 0.304. The number of hydrogen-bond donors (Lipinski definition) is 1. The summed E-state index contributed by atoms with van der Waals surface area (Å²) in [5, 5.41) is 4.77. The minimum atomic E-state index is 0.0143. The zero-order chi connectivity index (χ0) is 20.2. The summed E-state index contributed by atoms with van der Waals surface area (Å²) >= 11 is 0. The number of amides is 1. The van der Waals surface area contributed by atoms with E-state index in [1.807, 2.05) is 65.7 Å². The number of likely N-dealkylation sites (tertiary alicyclic amines) is 1. The first-order valence-corrected chi connectivity index (χ1v) is 9.98. The van der Waals surface area contributed by atoms with E-state index in [2.05, 4.69) is 0 Å². The van der Waals surface area contributed by atoms with E-state index < -0.39 is 0 Å². The topological polar surface area (TPSA) is 73.4 Å². The van der Waals surface area contributed by atoms with Crippen LogP contribution in [0.4, 0.5) is 0 Å². The van der Waals surface area contributed by atoms with Gasteiger partial charge in [0.2, 0.25) is 0 Å². The summed E-state index contributed by atoms with van der Waals surface area (Å²) in [6.45, 7) is 2.15. The molecule has 0 bridgehead atoms. The van der Waals surface area contributed by atoms with Gasteiger partial charge in [-0.3, -0.25) is 4.79 Å². The second kappa shape index (κ2) is 8.49. The highest BCUT2D eigenvalue weighted by molar-refractivity contribution is 6.00. The lowest BCUT2D eigenvalue weighted by Crippen LogP contribution is -2.40. The van der Waals surface area contributed by atoms with Crippen molar-refractivity contribution in [3.05, 3.63) is 66.4 Å². The Hall–Kier alpha value is -3.12. The smallest absolute Gasteiger partial charge is 0.257 e. The van der Waals surface area contributed by atoms with Gasteiger partial charge in [0.1, 0.15) is 11.4 Å². The van der Waals surface area contributed by atoms with Crippen LogP contribution in [0, 0.1) is 5.92 Å². The molecule has 0 unspecified atom stereocenters. The zero-order valence-corrected chi connectivity index (χ0v) is 16.6. The fourth-order valence-corrected chi connectivity index (χ4v) is 3.77. The summed E-state index contributed by atoms with van der Waals surface area (Å²) < 4.78 is 7.14. The zero-order valence-electron chi connectivity index (χ0n) is 16.6. The molecule has 1 fully saturated rings. The Bertz CT molecular complexity index is 976.